The Balaban J connectivity index is 3.39. The van der Waals surface area contributed by atoms with E-state index in [9.17, 15) is 0 Å². The molecule has 0 unspecified atom stereocenters. The molecular weight excluding hydrogens is 93.7 g/mol. The lowest BCUT2D eigenvalue weighted by atomic mass is 9.53. The van der Waals surface area contributed by atoms with Crippen molar-refractivity contribution in [1.29, 1.82) is 0 Å². The standard InChI is InChI=1S/C6H16B2/c1-5(2)4-6(3,7)8/h5H,4,7-8H2,1-3H3. The van der Waals surface area contributed by atoms with Crippen molar-refractivity contribution in [2.45, 2.75) is 32.4 Å². The molecule has 0 aromatic rings. The highest BCUT2D eigenvalue weighted by Crippen LogP contribution is 2.23. The smallest absolute Gasteiger partial charge is 0.0869 e. The van der Waals surface area contributed by atoms with Crippen LogP contribution in [0.2, 0.25) is 5.21 Å². The minimum atomic E-state index is 0.522. The molecule has 0 radical (unpaired) electrons. The van der Waals surface area contributed by atoms with Crippen molar-refractivity contribution < 1.29 is 0 Å². The first-order valence-electron chi connectivity index (χ1n) is 3.42. The zero-order valence-electron chi connectivity index (χ0n) is 6.78. The molecule has 0 saturated carbocycles. The van der Waals surface area contributed by atoms with Crippen LogP contribution in [0.5, 0.6) is 0 Å². The van der Waals surface area contributed by atoms with Crippen LogP contribution in [0.25, 0.3) is 0 Å². The van der Waals surface area contributed by atoms with Crippen LogP contribution in [0.1, 0.15) is 27.2 Å². The van der Waals surface area contributed by atoms with Crippen molar-refractivity contribution in [3.63, 3.8) is 0 Å². The third-order valence-corrected chi connectivity index (χ3v) is 1.02. The summed E-state index contributed by atoms with van der Waals surface area (Å²) in [5, 5.41) is 0.522. The average Bonchev–Trinajstić information content (AvgIpc) is 1.21. The fourth-order valence-electron chi connectivity index (χ4n) is 1.22. The molecule has 0 spiro atoms. The van der Waals surface area contributed by atoms with E-state index in [4.69, 9.17) is 0 Å². The fraction of sp³-hybridized carbons (Fsp3) is 1.00. The highest BCUT2D eigenvalue weighted by atomic mass is 14.0. The topological polar surface area (TPSA) is 0 Å². The van der Waals surface area contributed by atoms with Crippen LogP contribution in [0.3, 0.4) is 0 Å². The van der Waals surface area contributed by atoms with Gasteiger partial charge in [0.15, 0.2) is 0 Å². The van der Waals surface area contributed by atoms with Crippen LogP contribution in [-0.4, -0.2) is 15.7 Å². The van der Waals surface area contributed by atoms with E-state index >= 15 is 0 Å². The first-order valence-corrected chi connectivity index (χ1v) is 3.42. The summed E-state index contributed by atoms with van der Waals surface area (Å²) in [7, 11) is 4.57. The Kier molecular flexibility index (Phi) is 2.65. The third kappa shape index (κ3) is 6.13. The van der Waals surface area contributed by atoms with E-state index in [-0.39, 0.29) is 0 Å². The van der Waals surface area contributed by atoms with Crippen molar-refractivity contribution in [3.05, 3.63) is 0 Å². The molecule has 0 N–H and O–H groups in total. The first kappa shape index (κ1) is 8.13. The summed E-state index contributed by atoms with van der Waals surface area (Å²) in [6.45, 7) is 6.82. The maximum atomic E-state index is 2.28. The number of rotatable bonds is 2. The maximum absolute atomic E-state index is 2.28. The van der Waals surface area contributed by atoms with E-state index in [0.29, 0.717) is 5.21 Å². The first-order chi connectivity index (χ1) is 3.42. The predicted molar refractivity (Wildman–Crippen MR) is 44.9 cm³/mol. The number of hydrogen-bond donors (Lipinski definition) is 0. The van der Waals surface area contributed by atoms with Gasteiger partial charge in [-0.1, -0.05) is 32.4 Å². The molecule has 0 amide bonds. The summed E-state index contributed by atoms with van der Waals surface area (Å²) < 4.78 is 0. The Bertz CT molecular complexity index is 61.4. The molecule has 0 heterocycles. The van der Waals surface area contributed by atoms with Gasteiger partial charge in [0.05, 0.1) is 15.7 Å². The van der Waals surface area contributed by atoms with Gasteiger partial charge in [0.25, 0.3) is 0 Å². The molecule has 0 atom stereocenters. The van der Waals surface area contributed by atoms with Crippen LogP contribution >= 0.6 is 0 Å². The van der Waals surface area contributed by atoms with Gasteiger partial charge < -0.3 is 0 Å². The molecule has 0 aliphatic carbocycles. The Morgan fingerprint density at radius 3 is 1.75 bits per heavy atom. The molecule has 46 valence electrons. The molecule has 0 saturated heterocycles. The minimum Gasteiger partial charge on any atom is -0.0869 e. The van der Waals surface area contributed by atoms with Gasteiger partial charge in [0.1, 0.15) is 0 Å². The minimum absolute atomic E-state index is 0.522. The molecule has 8 heavy (non-hydrogen) atoms. The normalized spacial score (nSPS) is 12.5. The monoisotopic (exact) mass is 110 g/mol. The molecular formula is C6H16B2. The molecule has 0 aliphatic rings. The van der Waals surface area contributed by atoms with E-state index in [0.717, 1.165) is 5.92 Å². The van der Waals surface area contributed by atoms with E-state index in [2.05, 4.69) is 36.5 Å². The maximum Gasteiger partial charge on any atom is 0.0988 e. The number of hydrogen-bond acceptors (Lipinski definition) is 0. The largest absolute Gasteiger partial charge is 0.0988 e. The second-order valence-electron chi connectivity index (χ2n) is 4.16. The van der Waals surface area contributed by atoms with Gasteiger partial charge >= 0.3 is 0 Å². The van der Waals surface area contributed by atoms with Crippen LogP contribution in [0.4, 0.5) is 0 Å². The van der Waals surface area contributed by atoms with Crippen molar-refractivity contribution >= 4 is 15.7 Å². The summed E-state index contributed by atoms with van der Waals surface area (Å²) in [4.78, 5) is 0. The van der Waals surface area contributed by atoms with Crippen molar-refractivity contribution in [2.75, 3.05) is 0 Å². The lowest BCUT2D eigenvalue weighted by Gasteiger charge is -2.19. The lowest BCUT2D eigenvalue weighted by molar-refractivity contribution is 0.548. The van der Waals surface area contributed by atoms with Crippen molar-refractivity contribution in [2.24, 2.45) is 5.92 Å². The summed E-state index contributed by atoms with van der Waals surface area (Å²) in [6.07, 6.45) is 1.33. The molecule has 2 heteroatoms. The zero-order valence-corrected chi connectivity index (χ0v) is 6.78. The highest BCUT2D eigenvalue weighted by Gasteiger charge is 2.11. The third-order valence-electron chi connectivity index (χ3n) is 1.02. The second-order valence-corrected chi connectivity index (χ2v) is 4.16. The van der Waals surface area contributed by atoms with E-state index in [1.54, 1.807) is 0 Å². The molecule has 0 aromatic carbocycles. The Morgan fingerprint density at radius 2 is 1.75 bits per heavy atom. The zero-order chi connectivity index (χ0) is 6.78. The molecule has 0 aliphatic heterocycles. The highest BCUT2D eigenvalue weighted by molar-refractivity contribution is 6.39. The van der Waals surface area contributed by atoms with Gasteiger partial charge in [-0.2, -0.15) is 0 Å². The lowest BCUT2D eigenvalue weighted by Crippen LogP contribution is -2.10. The predicted octanol–water partition coefficient (Wildman–Crippen LogP) is 0.435. The summed E-state index contributed by atoms with van der Waals surface area (Å²) >= 11 is 0. The van der Waals surface area contributed by atoms with Gasteiger partial charge in [0, 0.05) is 0 Å². The SMILES string of the molecule is BC(B)(C)CC(C)C. The quantitative estimate of drug-likeness (QED) is 0.452. The van der Waals surface area contributed by atoms with Crippen LogP contribution < -0.4 is 0 Å². The van der Waals surface area contributed by atoms with E-state index in [1.165, 1.54) is 6.42 Å². The van der Waals surface area contributed by atoms with Crippen molar-refractivity contribution in [3.8, 4) is 0 Å². The summed E-state index contributed by atoms with van der Waals surface area (Å²) in [6, 6.07) is 0. The molecule has 0 rings (SSSR count). The van der Waals surface area contributed by atoms with Gasteiger partial charge in [-0.05, 0) is 5.92 Å². The van der Waals surface area contributed by atoms with Crippen LogP contribution in [-0.2, 0) is 0 Å². The Morgan fingerprint density at radius 1 is 1.38 bits per heavy atom. The van der Waals surface area contributed by atoms with Crippen LogP contribution in [0, 0.1) is 5.92 Å². The second kappa shape index (κ2) is 2.61. The Hall–Kier alpha value is 0.130. The van der Waals surface area contributed by atoms with Gasteiger partial charge in [-0.25, -0.2) is 0 Å². The van der Waals surface area contributed by atoms with Gasteiger partial charge in [0.2, 0.25) is 0 Å². The molecule has 0 bridgehead atoms. The van der Waals surface area contributed by atoms with Gasteiger partial charge in [-0.15, -0.1) is 0 Å². The van der Waals surface area contributed by atoms with Crippen molar-refractivity contribution in [1.82, 2.24) is 0 Å². The fourth-order valence-corrected chi connectivity index (χ4v) is 1.22. The van der Waals surface area contributed by atoms with E-state index in [1.807, 2.05) is 0 Å². The summed E-state index contributed by atoms with van der Waals surface area (Å²) in [5.74, 6) is 0.843. The van der Waals surface area contributed by atoms with Crippen LogP contribution in [0.15, 0.2) is 0 Å². The molecule has 0 fully saturated rings. The van der Waals surface area contributed by atoms with E-state index < -0.39 is 0 Å². The van der Waals surface area contributed by atoms with Gasteiger partial charge in [-0.3, -0.25) is 0 Å². The summed E-state index contributed by atoms with van der Waals surface area (Å²) in [5.41, 5.74) is 0. The average molecular weight is 110 g/mol. The molecule has 0 aromatic heterocycles. The Labute approximate surface area is 54.9 Å². The molecule has 0 nitrogen and oxygen atoms in total.